The largest absolute Gasteiger partial charge is 0.481 e. The standard InChI is InChI=1S/C12H9F4NO3/c13-9-2-1-7(12(14,15)16)3-8(9)10(18)17-4-6(5-17)11(19)20/h1-3,6H,4-5H2,(H,19,20). The lowest BCUT2D eigenvalue weighted by Crippen LogP contribution is -2.53. The van der Waals surface area contributed by atoms with Crippen molar-refractivity contribution in [2.45, 2.75) is 6.18 Å². The van der Waals surface area contributed by atoms with Gasteiger partial charge >= 0.3 is 12.1 Å². The number of rotatable bonds is 2. The molecule has 0 radical (unpaired) electrons. The van der Waals surface area contributed by atoms with E-state index in [1.807, 2.05) is 0 Å². The Morgan fingerprint density at radius 2 is 1.85 bits per heavy atom. The van der Waals surface area contributed by atoms with Gasteiger partial charge in [-0.1, -0.05) is 0 Å². The molecular weight excluding hydrogens is 282 g/mol. The number of carboxylic acids is 1. The third-order valence-electron chi connectivity index (χ3n) is 3.04. The van der Waals surface area contributed by atoms with Gasteiger partial charge < -0.3 is 10.0 Å². The summed E-state index contributed by atoms with van der Waals surface area (Å²) in [7, 11) is 0. The molecule has 1 fully saturated rings. The first kappa shape index (κ1) is 14.3. The molecular formula is C12H9F4NO3. The van der Waals surface area contributed by atoms with Crippen LogP contribution in [0.3, 0.4) is 0 Å². The summed E-state index contributed by atoms with van der Waals surface area (Å²) in [5, 5.41) is 8.65. The molecule has 2 rings (SSSR count). The highest BCUT2D eigenvalue weighted by Gasteiger charge is 2.38. The van der Waals surface area contributed by atoms with E-state index in [4.69, 9.17) is 5.11 Å². The molecule has 1 heterocycles. The van der Waals surface area contributed by atoms with Crippen LogP contribution >= 0.6 is 0 Å². The molecule has 108 valence electrons. The van der Waals surface area contributed by atoms with Crippen LogP contribution in [0.5, 0.6) is 0 Å². The van der Waals surface area contributed by atoms with Gasteiger partial charge in [-0.25, -0.2) is 4.39 Å². The predicted molar refractivity (Wildman–Crippen MR) is 58.4 cm³/mol. The average molecular weight is 291 g/mol. The molecule has 0 atom stereocenters. The SMILES string of the molecule is O=C(O)C1CN(C(=O)c2cc(C(F)(F)F)ccc2F)C1. The van der Waals surface area contributed by atoms with Crippen LogP contribution in [0.2, 0.25) is 0 Å². The van der Waals surface area contributed by atoms with Gasteiger partial charge in [0.05, 0.1) is 17.0 Å². The lowest BCUT2D eigenvalue weighted by molar-refractivity contribution is -0.146. The molecule has 0 bridgehead atoms. The van der Waals surface area contributed by atoms with Crippen molar-refractivity contribution in [2.75, 3.05) is 13.1 Å². The lowest BCUT2D eigenvalue weighted by atomic mass is 9.98. The van der Waals surface area contributed by atoms with Crippen molar-refractivity contribution in [3.05, 3.63) is 35.1 Å². The number of carbonyl (C=O) groups is 2. The van der Waals surface area contributed by atoms with Crippen LogP contribution in [0, 0.1) is 11.7 Å². The fourth-order valence-electron chi connectivity index (χ4n) is 1.84. The Kier molecular flexibility index (Phi) is 3.41. The minimum Gasteiger partial charge on any atom is -0.481 e. The molecule has 1 N–H and O–H groups in total. The second-order valence-electron chi connectivity index (χ2n) is 4.44. The van der Waals surface area contributed by atoms with Gasteiger partial charge in [0.15, 0.2) is 0 Å². The Morgan fingerprint density at radius 1 is 1.25 bits per heavy atom. The molecule has 0 saturated carbocycles. The van der Waals surface area contributed by atoms with E-state index in [2.05, 4.69) is 0 Å². The second kappa shape index (κ2) is 4.77. The van der Waals surface area contributed by atoms with Crippen LogP contribution in [0.25, 0.3) is 0 Å². The molecule has 1 aromatic carbocycles. The minimum atomic E-state index is -4.68. The number of amides is 1. The number of carboxylic acid groups (broad SMARTS) is 1. The summed E-state index contributed by atoms with van der Waals surface area (Å²) in [6, 6.07) is 1.55. The minimum absolute atomic E-state index is 0.135. The summed E-state index contributed by atoms with van der Waals surface area (Å²) in [6.07, 6.45) is -4.68. The van der Waals surface area contributed by atoms with Crippen LogP contribution in [-0.2, 0) is 11.0 Å². The highest BCUT2D eigenvalue weighted by Crippen LogP contribution is 2.31. The maximum absolute atomic E-state index is 13.5. The second-order valence-corrected chi connectivity index (χ2v) is 4.44. The van der Waals surface area contributed by atoms with Crippen molar-refractivity contribution < 1.29 is 32.3 Å². The van der Waals surface area contributed by atoms with Gasteiger partial charge in [0, 0.05) is 13.1 Å². The van der Waals surface area contributed by atoms with E-state index >= 15 is 0 Å². The van der Waals surface area contributed by atoms with Gasteiger partial charge in [0.1, 0.15) is 5.82 Å². The Balaban J connectivity index is 2.21. The first-order valence-electron chi connectivity index (χ1n) is 5.59. The van der Waals surface area contributed by atoms with Crippen molar-refractivity contribution in [2.24, 2.45) is 5.92 Å². The summed E-state index contributed by atoms with van der Waals surface area (Å²) >= 11 is 0. The molecule has 1 aliphatic rings. The van der Waals surface area contributed by atoms with Crippen molar-refractivity contribution in [1.82, 2.24) is 4.90 Å². The number of hydrogen-bond acceptors (Lipinski definition) is 2. The van der Waals surface area contributed by atoms with Crippen molar-refractivity contribution >= 4 is 11.9 Å². The maximum atomic E-state index is 13.5. The Hall–Kier alpha value is -2.12. The Morgan fingerprint density at radius 3 is 2.35 bits per heavy atom. The van der Waals surface area contributed by atoms with Crippen LogP contribution in [0.15, 0.2) is 18.2 Å². The van der Waals surface area contributed by atoms with Crippen LogP contribution in [0.1, 0.15) is 15.9 Å². The number of halogens is 4. The molecule has 8 heteroatoms. The number of carbonyl (C=O) groups excluding carboxylic acids is 1. The first-order chi connectivity index (χ1) is 9.20. The van der Waals surface area contributed by atoms with E-state index in [1.54, 1.807) is 0 Å². The molecule has 0 aromatic heterocycles. The van der Waals surface area contributed by atoms with E-state index in [0.29, 0.717) is 18.2 Å². The third kappa shape index (κ3) is 2.59. The molecule has 1 amide bonds. The summed E-state index contributed by atoms with van der Waals surface area (Å²) < 4.78 is 51.0. The van der Waals surface area contributed by atoms with Gasteiger partial charge in [-0.3, -0.25) is 9.59 Å². The van der Waals surface area contributed by atoms with Gasteiger partial charge in [-0.2, -0.15) is 13.2 Å². The Bertz CT molecular complexity index is 564. The fraction of sp³-hybridized carbons (Fsp3) is 0.333. The number of likely N-dealkylation sites (tertiary alicyclic amines) is 1. The summed E-state index contributed by atoms with van der Waals surface area (Å²) in [6.45, 7) is -0.270. The van der Waals surface area contributed by atoms with Crippen molar-refractivity contribution in [3.63, 3.8) is 0 Å². The lowest BCUT2D eigenvalue weighted by Gasteiger charge is -2.36. The molecule has 20 heavy (non-hydrogen) atoms. The molecule has 4 nitrogen and oxygen atoms in total. The predicted octanol–water partition coefficient (Wildman–Crippen LogP) is 2.00. The average Bonchev–Trinajstić information content (AvgIpc) is 2.24. The van der Waals surface area contributed by atoms with E-state index in [-0.39, 0.29) is 13.1 Å². The zero-order valence-electron chi connectivity index (χ0n) is 9.95. The normalized spacial score (nSPS) is 15.9. The molecule has 0 unspecified atom stereocenters. The van der Waals surface area contributed by atoms with Crippen LogP contribution in [-0.4, -0.2) is 35.0 Å². The molecule has 0 spiro atoms. The van der Waals surface area contributed by atoms with E-state index < -0.39 is 40.9 Å². The first-order valence-corrected chi connectivity index (χ1v) is 5.59. The topological polar surface area (TPSA) is 57.6 Å². The summed E-state index contributed by atoms with van der Waals surface area (Å²) in [5.74, 6) is -3.86. The van der Waals surface area contributed by atoms with Gasteiger partial charge in [0.25, 0.3) is 5.91 Å². The number of hydrogen-bond donors (Lipinski definition) is 1. The molecule has 1 saturated heterocycles. The number of alkyl halides is 3. The highest BCUT2D eigenvalue weighted by molar-refractivity contribution is 5.96. The van der Waals surface area contributed by atoms with Gasteiger partial charge in [0.2, 0.25) is 0 Å². The quantitative estimate of drug-likeness (QED) is 0.848. The summed E-state index contributed by atoms with van der Waals surface area (Å²) in [4.78, 5) is 23.4. The monoisotopic (exact) mass is 291 g/mol. The summed E-state index contributed by atoms with van der Waals surface area (Å²) in [5.41, 5.74) is -1.83. The number of benzene rings is 1. The number of aliphatic carboxylic acids is 1. The molecule has 1 aromatic rings. The zero-order chi connectivity index (χ0) is 15.1. The van der Waals surface area contributed by atoms with Crippen LogP contribution < -0.4 is 0 Å². The third-order valence-corrected chi connectivity index (χ3v) is 3.04. The van der Waals surface area contributed by atoms with E-state index in [9.17, 15) is 27.2 Å². The van der Waals surface area contributed by atoms with E-state index in [0.717, 1.165) is 4.90 Å². The van der Waals surface area contributed by atoms with Gasteiger partial charge in [-0.05, 0) is 18.2 Å². The van der Waals surface area contributed by atoms with Crippen molar-refractivity contribution in [1.29, 1.82) is 0 Å². The fourth-order valence-corrected chi connectivity index (χ4v) is 1.84. The van der Waals surface area contributed by atoms with Gasteiger partial charge in [-0.15, -0.1) is 0 Å². The zero-order valence-corrected chi connectivity index (χ0v) is 9.95. The smallest absolute Gasteiger partial charge is 0.416 e. The Labute approximate surface area is 110 Å². The highest BCUT2D eigenvalue weighted by atomic mass is 19.4. The number of nitrogens with zero attached hydrogens (tertiary/aromatic N) is 1. The van der Waals surface area contributed by atoms with E-state index in [1.165, 1.54) is 0 Å². The molecule has 1 aliphatic heterocycles. The van der Waals surface area contributed by atoms with Crippen LogP contribution in [0.4, 0.5) is 17.6 Å². The van der Waals surface area contributed by atoms with Crippen molar-refractivity contribution in [3.8, 4) is 0 Å². The molecule has 0 aliphatic carbocycles. The maximum Gasteiger partial charge on any atom is 0.416 e.